The Hall–Kier alpha value is -0.530. The summed E-state index contributed by atoms with van der Waals surface area (Å²) in [5.41, 5.74) is 1.21. The third kappa shape index (κ3) is 2.10. The van der Waals surface area contributed by atoms with Crippen LogP contribution < -0.4 is 0 Å². The fourth-order valence-electron chi connectivity index (χ4n) is 1.51. The molecule has 0 saturated carbocycles. The molecule has 0 saturated heterocycles. The largest absolute Gasteiger partial charge is 0.385 e. The second-order valence-electron chi connectivity index (χ2n) is 4.26. The molecule has 0 aromatic heterocycles. The van der Waals surface area contributed by atoms with E-state index >= 15 is 0 Å². The van der Waals surface area contributed by atoms with E-state index in [0.717, 1.165) is 11.1 Å². The summed E-state index contributed by atoms with van der Waals surface area (Å²) in [7, 11) is 0. The third-order valence-electron chi connectivity index (χ3n) is 2.86. The first-order chi connectivity index (χ1) is 6.35. The SMILES string of the molecule is Cc1cc(Cl)ccc1[C@](C)(O)C(C)C. The molecule has 0 aliphatic rings. The summed E-state index contributed by atoms with van der Waals surface area (Å²) in [4.78, 5) is 0. The third-order valence-corrected chi connectivity index (χ3v) is 3.09. The van der Waals surface area contributed by atoms with Gasteiger partial charge in [-0.1, -0.05) is 31.5 Å². The molecule has 0 bridgehead atoms. The maximum atomic E-state index is 10.3. The fraction of sp³-hybridized carbons (Fsp3) is 0.500. The molecule has 1 aromatic rings. The van der Waals surface area contributed by atoms with Gasteiger partial charge in [-0.2, -0.15) is 0 Å². The lowest BCUT2D eigenvalue weighted by Crippen LogP contribution is -2.28. The van der Waals surface area contributed by atoms with Crippen LogP contribution >= 0.6 is 11.6 Å². The lowest BCUT2D eigenvalue weighted by Gasteiger charge is -2.29. The minimum absolute atomic E-state index is 0.183. The van der Waals surface area contributed by atoms with E-state index < -0.39 is 5.60 Å². The van der Waals surface area contributed by atoms with Crippen LogP contribution in [0.3, 0.4) is 0 Å². The fourth-order valence-corrected chi connectivity index (χ4v) is 1.73. The summed E-state index contributed by atoms with van der Waals surface area (Å²) in [6, 6.07) is 5.60. The van der Waals surface area contributed by atoms with Crippen LogP contribution in [-0.2, 0) is 5.60 Å². The van der Waals surface area contributed by atoms with E-state index in [2.05, 4.69) is 0 Å². The summed E-state index contributed by atoms with van der Waals surface area (Å²) >= 11 is 5.86. The summed E-state index contributed by atoms with van der Waals surface area (Å²) in [5.74, 6) is 0.183. The minimum Gasteiger partial charge on any atom is -0.385 e. The second-order valence-corrected chi connectivity index (χ2v) is 4.70. The van der Waals surface area contributed by atoms with E-state index in [4.69, 9.17) is 11.6 Å². The summed E-state index contributed by atoms with van der Waals surface area (Å²) < 4.78 is 0. The van der Waals surface area contributed by atoms with Crippen LogP contribution in [0.1, 0.15) is 31.9 Å². The Morgan fingerprint density at radius 2 is 1.93 bits per heavy atom. The molecule has 0 fully saturated rings. The highest BCUT2D eigenvalue weighted by Gasteiger charge is 2.28. The van der Waals surface area contributed by atoms with E-state index in [1.807, 2.05) is 45.9 Å². The molecule has 1 atom stereocenters. The smallest absolute Gasteiger partial charge is 0.0893 e. The molecule has 0 unspecified atom stereocenters. The van der Waals surface area contributed by atoms with E-state index in [1.54, 1.807) is 0 Å². The van der Waals surface area contributed by atoms with E-state index in [1.165, 1.54) is 0 Å². The molecule has 2 heteroatoms. The number of hydrogen-bond donors (Lipinski definition) is 1. The zero-order valence-corrected chi connectivity index (χ0v) is 9.89. The van der Waals surface area contributed by atoms with Crippen molar-refractivity contribution in [3.63, 3.8) is 0 Å². The predicted octanol–water partition coefficient (Wildman–Crippen LogP) is 3.51. The van der Waals surface area contributed by atoms with Crippen molar-refractivity contribution in [2.45, 2.75) is 33.3 Å². The molecule has 0 heterocycles. The van der Waals surface area contributed by atoms with Gasteiger partial charge >= 0.3 is 0 Å². The van der Waals surface area contributed by atoms with Crippen LogP contribution in [0, 0.1) is 12.8 Å². The van der Waals surface area contributed by atoms with Crippen molar-refractivity contribution < 1.29 is 5.11 Å². The zero-order chi connectivity index (χ0) is 10.9. The van der Waals surface area contributed by atoms with Gasteiger partial charge in [0, 0.05) is 5.02 Å². The van der Waals surface area contributed by atoms with Gasteiger partial charge in [0.1, 0.15) is 0 Å². The van der Waals surface area contributed by atoms with Crippen molar-refractivity contribution >= 4 is 11.6 Å². The van der Waals surface area contributed by atoms with Crippen LogP contribution in [0.2, 0.25) is 5.02 Å². The Balaban J connectivity index is 3.19. The molecule has 1 aromatic carbocycles. The van der Waals surface area contributed by atoms with Crippen LogP contribution in [0.15, 0.2) is 18.2 Å². The number of rotatable bonds is 2. The second kappa shape index (κ2) is 3.92. The molecule has 1 rings (SSSR count). The molecule has 0 amide bonds. The number of aryl methyl sites for hydroxylation is 1. The zero-order valence-electron chi connectivity index (χ0n) is 9.13. The van der Waals surface area contributed by atoms with Crippen LogP contribution in [-0.4, -0.2) is 5.11 Å². The predicted molar refractivity (Wildman–Crippen MR) is 60.6 cm³/mol. The summed E-state index contributed by atoms with van der Waals surface area (Å²) in [6.45, 7) is 7.83. The van der Waals surface area contributed by atoms with Gasteiger partial charge in [0.15, 0.2) is 0 Å². The molecule has 0 spiro atoms. The number of hydrogen-bond acceptors (Lipinski definition) is 1. The lowest BCUT2D eigenvalue weighted by atomic mass is 9.83. The molecule has 0 aliphatic heterocycles. The van der Waals surface area contributed by atoms with Crippen molar-refractivity contribution in [3.8, 4) is 0 Å². The standard InChI is InChI=1S/C12H17ClO/c1-8(2)12(4,14)11-6-5-10(13)7-9(11)3/h5-8,14H,1-4H3/t12-/m1/s1. The van der Waals surface area contributed by atoms with Gasteiger partial charge in [-0.25, -0.2) is 0 Å². The summed E-state index contributed by atoms with van der Waals surface area (Å²) in [5, 5.41) is 11.0. The van der Waals surface area contributed by atoms with Crippen LogP contribution in [0.4, 0.5) is 0 Å². The number of aliphatic hydroxyl groups is 1. The van der Waals surface area contributed by atoms with Crippen molar-refractivity contribution in [2.24, 2.45) is 5.92 Å². The highest BCUT2D eigenvalue weighted by atomic mass is 35.5. The maximum absolute atomic E-state index is 10.3. The van der Waals surface area contributed by atoms with Gasteiger partial charge in [-0.3, -0.25) is 0 Å². The molecule has 1 N–H and O–H groups in total. The lowest BCUT2D eigenvalue weighted by molar-refractivity contribution is 0.00848. The molecule has 14 heavy (non-hydrogen) atoms. The van der Waals surface area contributed by atoms with Gasteiger partial charge in [0.25, 0.3) is 0 Å². The topological polar surface area (TPSA) is 20.2 Å². The van der Waals surface area contributed by atoms with Crippen molar-refractivity contribution in [2.75, 3.05) is 0 Å². The molecule has 78 valence electrons. The average molecular weight is 213 g/mol. The first-order valence-electron chi connectivity index (χ1n) is 4.84. The molecule has 1 nitrogen and oxygen atoms in total. The van der Waals surface area contributed by atoms with Gasteiger partial charge in [-0.15, -0.1) is 0 Å². The Morgan fingerprint density at radius 1 is 1.36 bits per heavy atom. The average Bonchev–Trinajstić information content (AvgIpc) is 2.02. The Bertz CT molecular complexity index is 329. The number of halogens is 1. The van der Waals surface area contributed by atoms with Crippen molar-refractivity contribution in [1.29, 1.82) is 0 Å². The molecule has 0 radical (unpaired) electrons. The van der Waals surface area contributed by atoms with Gasteiger partial charge in [0.05, 0.1) is 5.60 Å². The van der Waals surface area contributed by atoms with Gasteiger partial charge in [0.2, 0.25) is 0 Å². The van der Waals surface area contributed by atoms with E-state index in [0.29, 0.717) is 5.02 Å². The Kier molecular flexibility index (Phi) is 3.23. The first-order valence-corrected chi connectivity index (χ1v) is 5.22. The maximum Gasteiger partial charge on any atom is 0.0893 e. The Morgan fingerprint density at radius 3 is 2.36 bits per heavy atom. The quantitative estimate of drug-likeness (QED) is 0.796. The van der Waals surface area contributed by atoms with Crippen molar-refractivity contribution in [3.05, 3.63) is 34.3 Å². The molecular formula is C12H17ClO. The van der Waals surface area contributed by atoms with Gasteiger partial charge < -0.3 is 5.11 Å². The van der Waals surface area contributed by atoms with E-state index in [-0.39, 0.29) is 5.92 Å². The van der Waals surface area contributed by atoms with Gasteiger partial charge in [-0.05, 0) is 43.0 Å². The van der Waals surface area contributed by atoms with Crippen LogP contribution in [0.25, 0.3) is 0 Å². The Labute approximate surface area is 90.7 Å². The highest BCUT2D eigenvalue weighted by molar-refractivity contribution is 6.30. The number of benzene rings is 1. The molecular weight excluding hydrogens is 196 g/mol. The van der Waals surface area contributed by atoms with Crippen LogP contribution in [0.5, 0.6) is 0 Å². The van der Waals surface area contributed by atoms with E-state index in [9.17, 15) is 5.11 Å². The normalized spacial score (nSPS) is 15.6. The summed E-state index contributed by atoms with van der Waals surface area (Å²) in [6.07, 6.45) is 0. The van der Waals surface area contributed by atoms with Crippen molar-refractivity contribution in [1.82, 2.24) is 0 Å². The monoisotopic (exact) mass is 212 g/mol. The minimum atomic E-state index is -0.783. The molecule has 0 aliphatic carbocycles. The first kappa shape index (κ1) is 11.5. The highest BCUT2D eigenvalue weighted by Crippen LogP contribution is 2.32.